The van der Waals surface area contributed by atoms with Crippen molar-refractivity contribution in [1.29, 1.82) is 0 Å². The van der Waals surface area contributed by atoms with Crippen molar-refractivity contribution in [2.24, 2.45) is 7.05 Å². The van der Waals surface area contributed by atoms with Gasteiger partial charge in [-0.3, -0.25) is 9.69 Å². The minimum atomic E-state index is 0.0304. The number of carbonyl (C=O) groups is 1. The van der Waals surface area contributed by atoms with Gasteiger partial charge in [0.05, 0.1) is 13.1 Å². The predicted octanol–water partition coefficient (Wildman–Crippen LogP) is 0.00460. The topological polar surface area (TPSA) is 59.4 Å². The van der Waals surface area contributed by atoms with E-state index in [-0.39, 0.29) is 5.91 Å². The fourth-order valence-electron chi connectivity index (χ4n) is 1.59. The molecule has 0 fully saturated rings. The Morgan fingerprint density at radius 2 is 2.39 bits per heavy atom. The molecule has 1 heterocycles. The minimum absolute atomic E-state index is 0.0304. The lowest BCUT2D eigenvalue weighted by molar-refractivity contribution is -0.122. The van der Waals surface area contributed by atoms with Gasteiger partial charge in [-0.1, -0.05) is 0 Å². The molecule has 6 heteroatoms. The summed E-state index contributed by atoms with van der Waals surface area (Å²) in [5, 5.41) is 2.85. The van der Waals surface area contributed by atoms with Gasteiger partial charge >= 0.3 is 0 Å². The Morgan fingerprint density at radius 3 is 3.00 bits per heavy atom. The number of ether oxygens (including phenoxy) is 1. The maximum atomic E-state index is 11.6. The minimum Gasteiger partial charge on any atom is -0.385 e. The second kappa shape index (κ2) is 7.84. The van der Waals surface area contributed by atoms with Gasteiger partial charge in [-0.2, -0.15) is 0 Å². The number of nitrogens with zero attached hydrogens (tertiary/aromatic N) is 3. The maximum absolute atomic E-state index is 11.6. The van der Waals surface area contributed by atoms with Crippen LogP contribution in [0.15, 0.2) is 12.4 Å². The molecule has 0 atom stereocenters. The van der Waals surface area contributed by atoms with Gasteiger partial charge in [0.25, 0.3) is 0 Å². The van der Waals surface area contributed by atoms with Gasteiger partial charge in [0.1, 0.15) is 5.82 Å². The first-order valence-corrected chi connectivity index (χ1v) is 6.04. The second-order valence-corrected chi connectivity index (χ2v) is 4.32. The zero-order valence-electron chi connectivity index (χ0n) is 11.3. The van der Waals surface area contributed by atoms with Crippen LogP contribution in [0.4, 0.5) is 0 Å². The van der Waals surface area contributed by atoms with Gasteiger partial charge in [-0.15, -0.1) is 0 Å². The van der Waals surface area contributed by atoms with Crippen molar-refractivity contribution in [1.82, 2.24) is 19.8 Å². The zero-order chi connectivity index (χ0) is 13.4. The first kappa shape index (κ1) is 14.7. The van der Waals surface area contributed by atoms with Crippen molar-refractivity contribution in [3.05, 3.63) is 18.2 Å². The number of amides is 1. The Kier molecular flexibility index (Phi) is 6.38. The zero-order valence-corrected chi connectivity index (χ0v) is 11.3. The van der Waals surface area contributed by atoms with Crippen molar-refractivity contribution in [3.8, 4) is 0 Å². The van der Waals surface area contributed by atoms with E-state index in [4.69, 9.17) is 4.74 Å². The van der Waals surface area contributed by atoms with E-state index < -0.39 is 0 Å². The Balaban J connectivity index is 2.21. The number of hydrogen-bond acceptors (Lipinski definition) is 4. The highest BCUT2D eigenvalue weighted by molar-refractivity contribution is 5.77. The number of imidazole rings is 1. The van der Waals surface area contributed by atoms with E-state index in [1.165, 1.54) is 0 Å². The van der Waals surface area contributed by atoms with E-state index in [1.54, 1.807) is 13.3 Å². The van der Waals surface area contributed by atoms with Crippen LogP contribution in [0.5, 0.6) is 0 Å². The van der Waals surface area contributed by atoms with Crippen molar-refractivity contribution in [2.75, 3.05) is 33.9 Å². The van der Waals surface area contributed by atoms with E-state index in [1.807, 2.05) is 29.8 Å². The molecule has 0 unspecified atom stereocenters. The van der Waals surface area contributed by atoms with Crippen LogP contribution in [-0.2, 0) is 23.1 Å². The third-order valence-electron chi connectivity index (χ3n) is 2.59. The quantitative estimate of drug-likeness (QED) is 0.664. The van der Waals surface area contributed by atoms with Gasteiger partial charge in [0, 0.05) is 39.7 Å². The van der Waals surface area contributed by atoms with E-state index in [2.05, 4.69) is 10.3 Å². The molecule has 1 amide bonds. The van der Waals surface area contributed by atoms with Crippen LogP contribution in [0, 0.1) is 0 Å². The summed E-state index contributed by atoms with van der Waals surface area (Å²) in [4.78, 5) is 17.8. The van der Waals surface area contributed by atoms with E-state index in [0.717, 1.165) is 12.2 Å². The van der Waals surface area contributed by atoms with Gasteiger partial charge in [-0.25, -0.2) is 4.98 Å². The summed E-state index contributed by atoms with van der Waals surface area (Å²) < 4.78 is 6.87. The van der Waals surface area contributed by atoms with Crippen LogP contribution in [0.2, 0.25) is 0 Å². The highest BCUT2D eigenvalue weighted by Gasteiger charge is 2.08. The van der Waals surface area contributed by atoms with Gasteiger partial charge < -0.3 is 14.6 Å². The van der Waals surface area contributed by atoms with Gasteiger partial charge in [-0.05, 0) is 13.5 Å². The Morgan fingerprint density at radius 1 is 1.61 bits per heavy atom. The summed E-state index contributed by atoms with van der Waals surface area (Å²) in [7, 11) is 5.51. The molecule has 18 heavy (non-hydrogen) atoms. The summed E-state index contributed by atoms with van der Waals surface area (Å²) >= 11 is 0. The fourth-order valence-corrected chi connectivity index (χ4v) is 1.59. The molecule has 0 saturated heterocycles. The molecule has 0 aliphatic rings. The molecule has 1 aromatic heterocycles. The van der Waals surface area contributed by atoms with Crippen LogP contribution in [-0.4, -0.2) is 54.2 Å². The monoisotopic (exact) mass is 254 g/mol. The molecular weight excluding hydrogens is 232 g/mol. The predicted molar refractivity (Wildman–Crippen MR) is 69.0 cm³/mol. The molecule has 1 rings (SSSR count). The number of aryl methyl sites for hydroxylation is 1. The smallest absolute Gasteiger partial charge is 0.234 e. The highest BCUT2D eigenvalue weighted by Crippen LogP contribution is 1.98. The van der Waals surface area contributed by atoms with Crippen LogP contribution >= 0.6 is 0 Å². The van der Waals surface area contributed by atoms with Crippen molar-refractivity contribution in [3.63, 3.8) is 0 Å². The molecule has 0 spiro atoms. The standard InChI is InChI=1S/C12H22N4O2/c1-15(9-11-13-6-7-16(11)2)10-12(17)14-5-4-8-18-3/h6-7H,4-5,8-10H2,1-3H3,(H,14,17). The largest absolute Gasteiger partial charge is 0.385 e. The third-order valence-corrected chi connectivity index (χ3v) is 2.59. The van der Waals surface area contributed by atoms with Crippen LogP contribution in [0.25, 0.3) is 0 Å². The van der Waals surface area contributed by atoms with Crippen LogP contribution < -0.4 is 5.32 Å². The molecular formula is C12H22N4O2. The summed E-state index contributed by atoms with van der Waals surface area (Å²) in [6.45, 7) is 2.36. The lowest BCUT2D eigenvalue weighted by atomic mass is 10.4. The molecule has 0 aliphatic heterocycles. The highest BCUT2D eigenvalue weighted by atomic mass is 16.5. The summed E-state index contributed by atoms with van der Waals surface area (Å²) in [6, 6.07) is 0. The molecule has 0 saturated carbocycles. The summed E-state index contributed by atoms with van der Waals surface area (Å²) in [5.41, 5.74) is 0. The molecule has 0 aliphatic carbocycles. The average Bonchev–Trinajstić information content (AvgIpc) is 2.70. The Hall–Kier alpha value is -1.40. The number of carbonyl (C=O) groups excluding carboxylic acids is 1. The molecule has 0 bridgehead atoms. The molecule has 0 aromatic carbocycles. The number of likely N-dealkylation sites (N-methyl/N-ethyl adjacent to an activating group) is 1. The molecule has 1 aromatic rings. The SMILES string of the molecule is COCCCNC(=O)CN(C)Cc1nccn1C. The first-order chi connectivity index (χ1) is 8.63. The van der Waals surface area contributed by atoms with Crippen molar-refractivity contribution < 1.29 is 9.53 Å². The molecule has 102 valence electrons. The number of aromatic nitrogens is 2. The van der Waals surface area contributed by atoms with Crippen LogP contribution in [0.3, 0.4) is 0 Å². The van der Waals surface area contributed by atoms with Crippen molar-refractivity contribution >= 4 is 5.91 Å². The fraction of sp³-hybridized carbons (Fsp3) is 0.667. The number of rotatable bonds is 8. The van der Waals surface area contributed by atoms with Crippen LogP contribution in [0.1, 0.15) is 12.2 Å². The lowest BCUT2D eigenvalue weighted by Crippen LogP contribution is -2.36. The van der Waals surface area contributed by atoms with E-state index in [0.29, 0.717) is 26.2 Å². The number of nitrogens with one attached hydrogen (secondary N) is 1. The maximum Gasteiger partial charge on any atom is 0.234 e. The normalized spacial score (nSPS) is 10.9. The van der Waals surface area contributed by atoms with Gasteiger partial charge in [0.15, 0.2) is 0 Å². The summed E-state index contributed by atoms with van der Waals surface area (Å²) in [6.07, 6.45) is 4.49. The average molecular weight is 254 g/mol. The number of methoxy groups -OCH3 is 1. The first-order valence-electron chi connectivity index (χ1n) is 6.04. The Bertz CT molecular complexity index is 365. The molecule has 1 N–H and O–H groups in total. The third kappa shape index (κ3) is 5.29. The molecule has 6 nitrogen and oxygen atoms in total. The summed E-state index contributed by atoms with van der Waals surface area (Å²) in [5.74, 6) is 0.979. The molecule has 0 radical (unpaired) electrons. The Labute approximate surface area is 108 Å². The van der Waals surface area contributed by atoms with E-state index in [9.17, 15) is 4.79 Å². The number of hydrogen-bond donors (Lipinski definition) is 1. The van der Waals surface area contributed by atoms with Gasteiger partial charge in [0.2, 0.25) is 5.91 Å². The van der Waals surface area contributed by atoms with E-state index >= 15 is 0 Å². The second-order valence-electron chi connectivity index (χ2n) is 4.32. The van der Waals surface area contributed by atoms with Crippen molar-refractivity contribution in [2.45, 2.75) is 13.0 Å². The lowest BCUT2D eigenvalue weighted by Gasteiger charge is -2.15.